The maximum absolute atomic E-state index is 5.35. The van der Waals surface area contributed by atoms with E-state index in [1.807, 2.05) is 6.07 Å². The Labute approximate surface area is 107 Å². The average Bonchev–Trinajstić information content (AvgIpc) is 2.93. The molecule has 0 aliphatic carbocycles. The molecule has 1 saturated heterocycles. The van der Waals surface area contributed by atoms with Gasteiger partial charge in [0.2, 0.25) is 0 Å². The number of hydrogen-bond donors (Lipinski definition) is 1. The highest BCUT2D eigenvalue weighted by atomic mass is 16.5. The number of benzene rings is 1. The van der Waals surface area contributed by atoms with Crippen LogP contribution in [0.2, 0.25) is 0 Å². The van der Waals surface area contributed by atoms with Crippen LogP contribution in [0.1, 0.15) is 23.6 Å². The number of ether oxygens (including phenoxy) is 1. The second-order valence-electron chi connectivity index (χ2n) is 5.46. The minimum Gasteiger partial charge on any atom is -0.497 e. The Hall–Kier alpha value is -1.48. The summed E-state index contributed by atoms with van der Waals surface area (Å²) in [7, 11) is 1.74. The van der Waals surface area contributed by atoms with Crippen molar-refractivity contribution in [3.8, 4) is 5.75 Å². The first-order valence-corrected chi connectivity index (χ1v) is 6.76. The topological polar surface area (TPSA) is 28.3 Å². The molecular formula is C15H18N2O. The molecular weight excluding hydrogens is 224 g/mol. The largest absolute Gasteiger partial charge is 0.497 e. The number of aromatic amines is 1. The van der Waals surface area contributed by atoms with Crippen molar-refractivity contribution in [3.05, 3.63) is 29.5 Å². The molecule has 0 spiro atoms. The minimum atomic E-state index is 0.709. The molecule has 2 aliphatic heterocycles. The summed E-state index contributed by atoms with van der Waals surface area (Å²) >= 11 is 0. The van der Waals surface area contributed by atoms with E-state index in [0.29, 0.717) is 5.92 Å². The van der Waals surface area contributed by atoms with Crippen LogP contribution in [0.15, 0.2) is 18.2 Å². The highest BCUT2D eigenvalue weighted by Crippen LogP contribution is 2.37. The highest BCUT2D eigenvalue weighted by molar-refractivity contribution is 5.86. The molecule has 1 N–H and O–H groups in total. The summed E-state index contributed by atoms with van der Waals surface area (Å²) in [5.74, 6) is 1.67. The Morgan fingerprint density at radius 2 is 2.28 bits per heavy atom. The maximum atomic E-state index is 5.35. The number of H-pyrrole nitrogens is 1. The molecule has 1 aromatic heterocycles. The fraction of sp³-hybridized carbons (Fsp3) is 0.467. The fourth-order valence-corrected chi connectivity index (χ4v) is 3.53. The third-order valence-electron chi connectivity index (χ3n) is 4.50. The zero-order valence-electron chi connectivity index (χ0n) is 10.7. The number of methoxy groups -OCH3 is 1. The van der Waals surface area contributed by atoms with Gasteiger partial charge in [-0.05, 0) is 43.1 Å². The van der Waals surface area contributed by atoms with Crippen LogP contribution < -0.4 is 4.74 Å². The van der Waals surface area contributed by atoms with Crippen LogP contribution in [-0.2, 0) is 6.42 Å². The molecule has 1 aromatic carbocycles. The molecule has 2 bridgehead atoms. The normalized spacial score (nSPS) is 26.1. The molecule has 1 fully saturated rings. The van der Waals surface area contributed by atoms with Gasteiger partial charge in [0.25, 0.3) is 0 Å². The van der Waals surface area contributed by atoms with E-state index in [9.17, 15) is 0 Å². The molecule has 2 unspecified atom stereocenters. The molecule has 2 aliphatic rings. The first-order chi connectivity index (χ1) is 8.85. The van der Waals surface area contributed by atoms with Gasteiger partial charge in [-0.15, -0.1) is 0 Å². The third kappa shape index (κ3) is 1.40. The average molecular weight is 242 g/mol. The molecule has 4 rings (SSSR count). The minimum absolute atomic E-state index is 0.709. The molecule has 94 valence electrons. The number of nitrogens with one attached hydrogen (secondary N) is 1. The van der Waals surface area contributed by atoms with Crippen LogP contribution in [0.5, 0.6) is 5.75 Å². The second kappa shape index (κ2) is 3.75. The third-order valence-corrected chi connectivity index (χ3v) is 4.50. The van der Waals surface area contributed by atoms with Crippen molar-refractivity contribution in [1.29, 1.82) is 0 Å². The molecule has 0 saturated carbocycles. The van der Waals surface area contributed by atoms with Gasteiger partial charge >= 0.3 is 0 Å². The van der Waals surface area contributed by atoms with Crippen molar-refractivity contribution in [2.24, 2.45) is 0 Å². The van der Waals surface area contributed by atoms with Crippen molar-refractivity contribution in [3.63, 3.8) is 0 Å². The summed E-state index contributed by atoms with van der Waals surface area (Å²) in [6.45, 7) is 3.70. The van der Waals surface area contributed by atoms with Gasteiger partial charge in [0.1, 0.15) is 5.75 Å². The van der Waals surface area contributed by atoms with Gasteiger partial charge in [-0.2, -0.15) is 0 Å². The zero-order valence-corrected chi connectivity index (χ0v) is 10.7. The summed E-state index contributed by atoms with van der Waals surface area (Å²) < 4.78 is 5.35. The van der Waals surface area contributed by atoms with Gasteiger partial charge in [-0.3, -0.25) is 0 Å². The number of hydrogen-bond acceptors (Lipinski definition) is 2. The standard InChI is InChI=1S/C15H18N2O/c1-18-11-2-3-14-13(8-11)12-5-7-17-6-4-10(9-17)15(12)16-14/h2-3,8,10,16H,4-7,9H2,1H3. The van der Waals surface area contributed by atoms with E-state index in [1.165, 1.54) is 54.6 Å². The van der Waals surface area contributed by atoms with Crippen LogP contribution in [0.3, 0.4) is 0 Å². The van der Waals surface area contributed by atoms with Crippen molar-refractivity contribution < 1.29 is 4.74 Å². The van der Waals surface area contributed by atoms with E-state index >= 15 is 0 Å². The Balaban J connectivity index is 1.92. The van der Waals surface area contributed by atoms with Crippen LogP contribution in [0, 0.1) is 0 Å². The molecule has 18 heavy (non-hydrogen) atoms. The monoisotopic (exact) mass is 242 g/mol. The molecule has 3 heterocycles. The van der Waals surface area contributed by atoms with Crippen LogP contribution in [-0.4, -0.2) is 36.6 Å². The van der Waals surface area contributed by atoms with Crippen LogP contribution in [0.25, 0.3) is 10.9 Å². The van der Waals surface area contributed by atoms with Crippen LogP contribution >= 0.6 is 0 Å². The van der Waals surface area contributed by atoms with Crippen molar-refractivity contribution in [1.82, 2.24) is 9.88 Å². The lowest BCUT2D eigenvalue weighted by atomic mass is 9.98. The van der Waals surface area contributed by atoms with E-state index in [0.717, 1.165) is 5.75 Å². The number of nitrogens with zero attached hydrogens (tertiary/aromatic N) is 1. The van der Waals surface area contributed by atoms with E-state index in [-0.39, 0.29) is 0 Å². The predicted octanol–water partition coefficient (Wildman–Crippen LogP) is 2.52. The summed E-state index contributed by atoms with van der Waals surface area (Å²) in [6, 6.07) is 6.37. The van der Waals surface area contributed by atoms with Crippen molar-refractivity contribution in [2.45, 2.75) is 18.8 Å². The summed E-state index contributed by atoms with van der Waals surface area (Å²) in [5.41, 5.74) is 4.27. The maximum Gasteiger partial charge on any atom is 0.119 e. The summed E-state index contributed by atoms with van der Waals surface area (Å²) in [5, 5.41) is 1.36. The van der Waals surface area contributed by atoms with Gasteiger partial charge in [0.05, 0.1) is 7.11 Å². The van der Waals surface area contributed by atoms with E-state index in [2.05, 4.69) is 22.0 Å². The zero-order chi connectivity index (χ0) is 12.1. The number of aromatic nitrogens is 1. The van der Waals surface area contributed by atoms with E-state index < -0.39 is 0 Å². The van der Waals surface area contributed by atoms with Gasteiger partial charge in [0, 0.05) is 35.6 Å². The summed E-state index contributed by atoms with van der Waals surface area (Å²) in [6.07, 6.45) is 2.47. The molecule has 2 aromatic rings. The first-order valence-electron chi connectivity index (χ1n) is 6.76. The number of rotatable bonds is 1. The Morgan fingerprint density at radius 3 is 3.17 bits per heavy atom. The Bertz CT molecular complexity index is 602. The molecule has 3 heteroatoms. The molecule has 0 radical (unpaired) electrons. The lowest BCUT2D eigenvalue weighted by Crippen LogP contribution is -2.21. The van der Waals surface area contributed by atoms with Gasteiger partial charge in [-0.25, -0.2) is 0 Å². The Kier molecular flexibility index (Phi) is 2.18. The summed E-state index contributed by atoms with van der Waals surface area (Å²) in [4.78, 5) is 6.24. The smallest absolute Gasteiger partial charge is 0.119 e. The molecule has 2 atom stereocenters. The Morgan fingerprint density at radius 1 is 1.33 bits per heavy atom. The predicted molar refractivity (Wildman–Crippen MR) is 72.4 cm³/mol. The van der Waals surface area contributed by atoms with E-state index in [1.54, 1.807) is 7.11 Å². The van der Waals surface area contributed by atoms with Gasteiger partial charge in [0.15, 0.2) is 0 Å². The van der Waals surface area contributed by atoms with Crippen molar-refractivity contribution >= 4 is 10.9 Å². The molecule has 3 nitrogen and oxygen atoms in total. The van der Waals surface area contributed by atoms with Crippen LogP contribution in [0.4, 0.5) is 0 Å². The lowest BCUT2D eigenvalue weighted by molar-refractivity contribution is 0.345. The first kappa shape index (κ1) is 10.4. The fourth-order valence-electron chi connectivity index (χ4n) is 3.53. The second-order valence-corrected chi connectivity index (χ2v) is 5.46. The lowest BCUT2D eigenvalue weighted by Gasteiger charge is -2.12. The SMILES string of the molecule is COc1ccc2[nH]c3c(c2c1)CCN1CCC3C1. The highest BCUT2D eigenvalue weighted by Gasteiger charge is 2.30. The van der Waals surface area contributed by atoms with Gasteiger partial charge in [-0.1, -0.05) is 0 Å². The quantitative estimate of drug-likeness (QED) is 0.832. The molecule has 0 amide bonds. The van der Waals surface area contributed by atoms with E-state index in [4.69, 9.17) is 4.74 Å². The van der Waals surface area contributed by atoms with Crippen molar-refractivity contribution in [2.75, 3.05) is 26.7 Å². The van der Waals surface area contributed by atoms with Gasteiger partial charge < -0.3 is 14.6 Å². The number of fused-ring (bicyclic) bond motifs is 6.